The molecule has 0 unspecified atom stereocenters. The largest absolute Gasteiger partial charge is 0.334 e. The van der Waals surface area contributed by atoms with Gasteiger partial charge in [0.15, 0.2) is 5.17 Å². The lowest BCUT2D eigenvalue weighted by atomic mass is 10.2. The number of amides is 1. The van der Waals surface area contributed by atoms with Crippen LogP contribution in [0.4, 0.5) is 5.69 Å². The van der Waals surface area contributed by atoms with E-state index < -0.39 is 0 Å². The molecule has 6 nitrogen and oxygen atoms in total. The van der Waals surface area contributed by atoms with Gasteiger partial charge in [0.25, 0.3) is 5.91 Å². The van der Waals surface area contributed by atoms with Gasteiger partial charge in [0.05, 0.1) is 22.3 Å². The minimum Gasteiger partial charge on any atom is -0.334 e. The van der Waals surface area contributed by atoms with Crippen molar-refractivity contribution >= 4 is 45.6 Å². The molecule has 0 aliphatic carbocycles. The molecule has 7 heteroatoms. The number of likely N-dealkylation sites (N-methyl/N-ethyl adjacent to an activating group) is 1. The summed E-state index contributed by atoms with van der Waals surface area (Å²) >= 11 is 1.36. The Morgan fingerprint density at radius 2 is 2.00 bits per heavy atom. The van der Waals surface area contributed by atoms with Crippen molar-refractivity contribution < 1.29 is 4.79 Å². The van der Waals surface area contributed by atoms with Gasteiger partial charge in [-0.05, 0) is 61.8 Å². The summed E-state index contributed by atoms with van der Waals surface area (Å²) in [5.41, 5.74) is 3.89. The number of hydrogen-bond acceptors (Lipinski definition) is 5. The zero-order valence-corrected chi connectivity index (χ0v) is 16.6. The van der Waals surface area contributed by atoms with Crippen molar-refractivity contribution in [3.05, 3.63) is 65.3 Å². The van der Waals surface area contributed by atoms with Crippen LogP contribution >= 0.6 is 11.8 Å². The van der Waals surface area contributed by atoms with E-state index in [1.807, 2.05) is 54.9 Å². The summed E-state index contributed by atoms with van der Waals surface area (Å²) in [5, 5.41) is 3.78. The normalized spacial score (nSPS) is 15.6. The minimum absolute atomic E-state index is 0.218. The Labute approximate surface area is 168 Å². The number of imidazole rings is 1. The molecule has 1 aliphatic heterocycles. The molecular formula is C21H21N5OS. The van der Waals surface area contributed by atoms with Gasteiger partial charge in [-0.1, -0.05) is 24.3 Å². The molecule has 1 aliphatic rings. The van der Waals surface area contributed by atoms with Gasteiger partial charge in [-0.25, -0.2) is 4.98 Å². The topological polar surface area (TPSA) is 62.5 Å². The third kappa shape index (κ3) is 4.16. The summed E-state index contributed by atoms with van der Waals surface area (Å²) in [6, 6.07) is 15.8. The van der Waals surface area contributed by atoms with Gasteiger partial charge in [0.1, 0.15) is 0 Å². The number of carbonyl (C=O) groups is 1. The standard InChI is InChI=1S/C21H21N5OS/c1-25(2)10-11-26-14-22-17-9-8-15(12-18(17)26)13-19-20(27)24-21(28-19)23-16-6-4-3-5-7-16/h3-9,12-14H,10-11H2,1-2H3,(H,23,24,27). The van der Waals surface area contributed by atoms with Gasteiger partial charge in [0, 0.05) is 18.8 Å². The molecule has 1 amide bonds. The van der Waals surface area contributed by atoms with Crippen LogP contribution in [-0.4, -0.2) is 46.2 Å². The average Bonchev–Trinajstić information content (AvgIpc) is 3.24. The van der Waals surface area contributed by atoms with Crippen LogP contribution in [-0.2, 0) is 11.3 Å². The predicted molar refractivity (Wildman–Crippen MR) is 116 cm³/mol. The summed E-state index contributed by atoms with van der Waals surface area (Å²) in [6.45, 7) is 1.80. The second-order valence-corrected chi connectivity index (χ2v) is 7.84. The number of rotatable bonds is 5. The van der Waals surface area contributed by atoms with Crippen molar-refractivity contribution in [2.75, 3.05) is 26.0 Å². The maximum absolute atomic E-state index is 12.3. The number of amidine groups is 1. The fraction of sp³-hybridized carbons (Fsp3) is 0.190. The molecular weight excluding hydrogens is 370 g/mol. The monoisotopic (exact) mass is 391 g/mol. The molecule has 1 aromatic heterocycles. The highest BCUT2D eigenvalue weighted by atomic mass is 32.2. The molecule has 0 atom stereocenters. The van der Waals surface area contributed by atoms with Gasteiger partial charge in [-0.3, -0.25) is 4.79 Å². The van der Waals surface area contributed by atoms with E-state index in [-0.39, 0.29) is 5.91 Å². The first-order chi connectivity index (χ1) is 13.6. The Morgan fingerprint density at radius 1 is 1.18 bits per heavy atom. The van der Waals surface area contributed by atoms with Crippen molar-refractivity contribution in [1.82, 2.24) is 14.5 Å². The third-order valence-electron chi connectivity index (χ3n) is 4.38. The summed E-state index contributed by atoms with van der Waals surface area (Å²) < 4.78 is 2.14. The summed E-state index contributed by atoms with van der Waals surface area (Å²) in [4.78, 5) is 23.6. The zero-order valence-electron chi connectivity index (χ0n) is 15.8. The van der Waals surface area contributed by atoms with Crippen molar-refractivity contribution in [2.24, 2.45) is 4.99 Å². The lowest BCUT2D eigenvalue weighted by Gasteiger charge is -2.10. The zero-order chi connectivity index (χ0) is 19.5. The van der Waals surface area contributed by atoms with Crippen LogP contribution in [0.3, 0.4) is 0 Å². The molecule has 0 saturated carbocycles. The van der Waals surface area contributed by atoms with Crippen LogP contribution in [0.2, 0.25) is 0 Å². The molecule has 142 valence electrons. The molecule has 0 saturated heterocycles. The fourth-order valence-electron chi connectivity index (χ4n) is 2.91. The van der Waals surface area contributed by atoms with Crippen LogP contribution in [0.1, 0.15) is 5.56 Å². The number of aliphatic imine (C=N–C) groups is 1. The highest BCUT2D eigenvalue weighted by molar-refractivity contribution is 8.18. The first kappa shape index (κ1) is 18.5. The van der Waals surface area contributed by atoms with Crippen LogP contribution in [0.5, 0.6) is 0 Å². The number of nitrogens with zero attached hydrogens (tertiary/aromatic N) is 4. The smallest absolute Gasteiger partial charge is 0.286 e. The van der Waals surface area contributed by atoms with E-state index in [0.29, 0.717) is 10.1 Å². The molecule has 4 rings (SSSR count). The molecule has 1 N–H and O–H groups in total. The predicted octanol–water partition coefficient (Wildman–Crippen LogP) is 3.68. The SMILES string of the molecule is CN(C)CCn1cnc2ccc(C=C3SC(Nc4ccccc4)=NC3=O)cc21. The van der Waals surface area contributed by atoms with E-state index in [9.17, 15) is 4.79 Å². The Kier molecular flexibility index (Phi) is 5.27. The number of anilines is 1. The third-order valence-corrected chi connectivity index (χ3v) is 5.28. The fourth-order valence-corrected chi connectivity index (χ4v) is 3.74. The van der Waals surface area contributed by atoms with Crippen LogP contribution in [0.25, 0.3) is 17.1 Å². The number of para-hydroxylation sites is 1. The van der Waals surface area contributed by atoms with Gasteiger partial charge in [-0.15, -0.1) is 0 Å². The van der Waals surface area contributed by atoms with E-state index in [0.717, 1.165) is 35.4 Å². The van der Waals surface area contributed by atoms with Crippen molar-refractivity contribution in [3.63, 3.8) is 0 Å². The van der Waals surface area contributed by atoms with Gasteiger partial charge in [0.2, 0.25) is 0 Å². The second-order valence-electron chi connectivity index (χ2n) is 6.81. The first-order valence-corrected chi connectivity index (χ1v) is 9.84. The molecule has 3 aromatic rings. The van der Waals surface area contributed by atoms with Crippen LogP contribution in [0, 0.1) is 0 Å². The van der Waals surface area contributed by atoms with Gasteiger partial charge >= 0.3 is 0 Å². The first-order valence-electron chi connectivity index (χ1n) is 9.03. The number of aromatic nitrogens is 2. The van der Waals surface area contributed by atoms with Gasteiger partial charge in [-0.2, -0.15) is 4.99 Å². The average molecular weight is 392 g/mol. The second kappa shape index (κ2) is 8.00. The van der Waals surface area contributed by atoms with Crippen LogP contribution in [0.15, 0.2) is 64.8 Å². The van der Waals surface area contributed by atoms with E-state index in [2.05, 4.69) is 44.9 Å². The Bertz CT molecular complexity index is 1070. The Hall–Kier alpha value is -2.90. The molecule has 0 radical (unpaired) electrons. The molecule has 0 fully saturated rings. The molecule has 0 spiro atoms. The highest BCUT2D eigenvalue weighted by Gasteiger charge is 2.22. The Morgan fingerprint density at radius 3 is 2.79 bits per heavy atom. The maximum Gasteiger partial charge on any atom is 0.286 e. The van der Waals surface area contributed by atoms with Crippen molar-refractivity contribution in [2.45, 2.75) is 6.54 Å². The van der Waals surface area contributed by atoms with Crippen molar-refractivity contribution in [1.29, 1.82) is 0 Å². The van der Waals surface area contributed by atoms with E-state index in [1.165, 1.54) is 11.8 Å². The quantitative estimate of drug-likeness (QED) is 0.672. The van der Waals surface area contributed by atoms with Crippen LogP contribution < -0.4 is 5.32 Å². The number of carbonyl (C=O) groups excluding carboxylic acids is 1. The number of benzene rings is 2. The van der Waals surface area contributed by atoms with Crippen molar-refractivity contribution in [3.8, 4) is 0 Å². The molecule has 28 heavy (non-hydrogen) atoms. The molecule has 0 bridgehead atoms. The number of nitrogens with one attached hydrogen (secondary N) is 1. The van der Waals surface area contributed by atoms with Gasteiger partial charge < -0.3 is 14.8 Å². The minimum atomic E-state index is -0.218. The summed E-state index contributed by atoms with van der Waals surface area (Å²) in [7, 11) is 4.11. The van der Waals surface area contributed by atoms with E-state index in [1.54, 1.807) is 0 Å². The lowest BCUT2D eigenvalue weighted by molar-refractivity contribution is -0.113. The number of hydrogen-bond donors (Lipinski definition) is 1. The number of fused-ring (bicyclic) bond motifs is 1. The highest BCUT2D eigenvalue weighted by Crippen LogP contribution is 2.30. The Balaban J connectivity index is 1.53. The molecule has 2 aromatic carbocycles. The number of thioether (sulfide) groups is 1. The lowest BCUT2D eigenvalue weighted by Crippen LogP contribution is -2.17. The summed E-state index contributed by atoms with van der Waals surface area (Å²) in [6.07, 6.45) is 3.75. The van der Waals surface area contributed by atoms with E-state index >= 15 is 0 Å². The molecule has 2 heterocycles. The maximum atomic E-state index is 12.3. The summed E-state index contributed by atoms with van der Waals surface area (Å²) in [5.74, 6) is -0.218. The van der Waals surface area contributed by atoms with E-state index in [4.69, 9.17) is 0 Å².